The van der Waals surface area contributed by atoms with Gasteiger partial charge in [-0.15, -0.1) is 0 Å². The summed E-state index contributed by atoms with van der Waals surface area (Å²) in [6.07, 6.45) is 0. The van der Waals surface area contributed by atoms with E-state index in [4.69, 9.17) is 9.72 Å². The zero-order chi connectivity index (χ0) is 24.2. The molecule has 3 aromatic carbocycles. The van der Waals surface area contributed by atoms with Crippen LogP contribution in [0.5, 0.6) is 5.75 Å². The van der Waals surface area contributed by atoms with Crippen molar-refractivity contribution >= 4 is 34.0 Å². The molecule has 0 spiro atoms. The Hall–Kier alpha value is -4.20. The van der Waals surface area contributed by atoms with E-state index in [1.165, 1.54) is 11.8 Å². The molecular weight excluding hydrogens is 450 g/mol. The molecule has 1 aromatic heterocycles. The summed E-state index contributed by atoms with van der Waals surface area (Å²) in [7, 11) is 0. The molecule has 6 nitrogen and oxygen atoms in total. The molecule has 35 heavy (non-hydrogen) atoms. The van der Waals surface area contributed by atoms with Crippen molar-refractivity contribution in [3.63, 3.8) is 0 Å². The van der Waals surface area contributed by atoms with Crippen LogP contribution in [-0.4, -0.2) is 43.7 Å². The first kappa shape index (κ1) is 22.6. The Kier molecular flexibility index (Phi) is 6.43. The lowest BCUT2D eigenvalue weighted by atomic mass is 10.2. The Morgan fingerprint density at radius 3 is 2.43 bits per heavy atom. The quantitative estimate of drug-likeness (QED) is 0.433. The Balaban J connectivity index is 1.26. The average Bonchev–Trinajstić information content (AvgIpc) is 2.89. The number of ether oxygens (including phenoxy) is 1. The highest BCUT2D eigenvalue weighted by atomic mass is 19.1. The number of rotatable bonds is 6. The van der Waals surface area contributed by atoms with Gasteiger partial charge in [-0.25, -0.2) is 13.8 Å². The normalized spacial score (nSPS) is 13.7. The number of fused-ring (bicyclic) bond motifs is 1. The van der Waals surface area contributed by atoms with Crippen LogP contribution in [0.3, 0.4) is 0 Å². The van der Waals surface area contributed by atoms with Gasteiger partial charge < -0.3 is 19.9 Å². The van der Waals surface area contributed by atoms with E-state index in [1.54, 1.807) is 6.07 Å². The number of aromatic nitrogens is 1. The smallest absolute Gasteiger partial charge is 0.262 e. The molecule has 178 valence electrons. The van der Waals surface area contributed by atoms with Crippen molar-refractivity contribution in [3.05, 3.63) is 90.5 Å². The molecule has 0 unspecified atom stereocenters. The minimum absolute atomic E-state index is 0.104. The van der Waals surface area contributed by atoms with E-state index in [0.29, 0.717) is 17.3 Å². The van der Waals surface area contributed by atoms with Gasteiger partial charge in [-0.05, 0) is 42.5 Å². The summed E-state index contributed by atoms with van der Waals surface area (Å²) >= 11 is 0. The van der Waals surface area contributed by atoms with Gasteiger partial charge in [0, 0.05) is 43.3 Å². The standard InChI is InChI=1S/C27H24F2N4O2/c28-20-10-11-23(22(29)17-20)30-26(34)18-35-24-8-4-5-19-9-12-25(31-27(19)24)33-15-13-32(14-16-33)21-6-2-1-3-7-21/h1-12,17H,13-16,18H2,(H,30,34). The third kappa shape index (κ3) is 5.16. The van der Waals surface area contributed by atoms with Crippen molar-refractivity contribution in [2.45, 2.75) is 0 Å². The van der Waals surface area contributed by atoms with Gasteiger partial charge in [-0.3, -0.25) is 4.79 Å². The first-order valence-corrected chi connectivity index (χ1v) is 11.4. The van der Waals surface area contributed by atoms with Crippen LogP contribution < -0.4 is 19.9 Å². The van der Waals surface area contributed by atoms with E-state index in [9.17, 15) is 13.6 Å². The minimum atomic E-state index is -0.845. The summed E-state index contributed by atoms with van der Waals surface area (Å²) in [5, 5.41) is 3.29. The highest BCUT2D eigenvalue weighted by Gasteiger charge is 2.19. The van der Waals surface area contributed by atoms with Crippen LogP contribution >= 0.6 is 0 Å². The fourth-order valence-corrected chi connectivity index (χ4v) is 4.16. The number of halogens is 2. The molecule has 8 heteroatoms. The van der Waals surface area contributed by atoms with Crippen LogP contribution in [-0.2, 0) is 4.79 Å². The molecule has 1 amide bonds. The number of nitrogens with one attached hydrogen (secondary N) is 1. The van der Waals surface area contributed by atoms with Crippen molar-refractivity contribution < 1.29 is 18.3 Å². The molecule has 0 radical (unpaired) electrons. The van der Waals surface area contributed by atoms with Gasteiger partial charge in [-0.1, -0.05) is 30.3 Å². The lowest BCUT2D eigenvalue weighted by Gasteiger charge is -2.36. The molecule has 0 atom stereocenters. The largest absolute Gasteiger partial charge is 0.481 e. The second-order valence-electron chi connectivity index (χ2n) is 8.27. The summed E-state index contributed by atoms with van der Waals surface area (Å²) in [6.45, 7) is 3.12. The number of nitrogens with zero attached hydrogens (tertiary/aromatic N) is 3. The minimum Gasteiger partial charge on any atom is -0.481 e. The van der Waals surface area contributed by atoms with E-state index in [-0.39, 0.29) is 12.3 Å². The number of amides is 1. The Labute approximate surface area is 201 Å². The zero-order valence-corrected chi connectivity index (χ0v) is 19.0. The van der Waals surface area contributed by atoms with E-state index >= 15 is 0 Å². The third-order valence-corrected chi connectivity index (χ3v) is 5.96. The predicted molar refractivity (Wildman–Crippen MR) is 133 cm³/mol. The molecule has 0 saturated carbocycles. The Morgan fingerprint density at radius 1 is 0.886 bits per heavy atom. The fraction of sp³-hybridized carbons (Fsp3) is 0.185. The molecule has 1 aliphatic rings. The molecule has 1 fully saturated rings. The van der Waals surface area contributed by atoms with Crippen LogP contribution in [0.15, 0.2) is 78.9 Å². The first-order chi connectivity index (χ1) is 17.1. The van der Waals surface area contributed by atoms with E-state index in [0.717, 1.165) is 43.4 Å². The molecular formula is C27H24F2N4O2. The van der Waals surface area contributed by atoms with Crippen molar-refractivity contribution in [1.29, 1.82) is 0 Å². The summed E-state index contributed by atoms with van der Waals surface area (Å²) in [6, 6.07) is 22.8. The van der Waals surface area contributed by atoms with Crippen LogP contribution in [0.25, 0.3) is 10.9 Å². The van der Waals surface area contributed by atoms with E-state index in [1.807, 2.05) is 42.5 Å². The van der Waals surface area contributed by atoms with Crippen LogP contribution in [0.4, 0.5) is 26.0 Å². The van der Waals surface area contributed by atoms with Gasteiger partial charge in [0.1, 0.15) is 28.7 Å². The monoisotopic (exact) mass is 474 g/mol. The van der Waals surface area contributed by atoms with Gasteiger partial charge in [-0.2, -0.15) is 0 Å². The number of hydrogen-bond donors (Lipinski definition) is 1. The topological polar surface area (TPSA) is 57.7 Å². The van der Waals surface area contributed by atoms with Crippen molar-refractivity contribution in [2.75, 3.05) is 47.9 Å². The number of pyridine rings is 1. The molecule has 2 heterocycles. The van der Waals surface area contributed by atoms with Crippen molar-refractivity contribution in [2.24, 2.45) is 0 Å². The number of hydrogen-bond acceptors (Lipinski definition) is 5. The summed E-state index contributed by atoms with van der Waals surface area (Å²) in [4.78, 5) is 21.7. The van der Waals surface area contributed by atoms with Crippen LogP contribution in [0.1, 0.15) is 0 Å². The molecule has 5 rings (SSSR count). The maximum absolute atomic E-state index is 13.8. The molecule has 1 aliphatic heterocycles. The second kappa shape index (κ2) is 9.97. The van der Waals surface area contributed by atoms with Crippen LogP contribution in [0.2, 0.25) is 0 Å². The number of anilines is 3. The predicted octanol–water partition coefficient (Wildman–Crippen LogP) is 4.86. The summed E-state index contributed by atoms with van der Waals surface area (Å²) in [5.41, 5.74) is 1.76. The fourth-order valence-electron chi connectivity index (χ4n) is 4.16. The van der Waals surface area contributed by atoms with Gasteiger partial charge >= 0.3 is 0 Å². The molecule has 0 bridgehead atoms. The number of carbonyl (C=O) groups excluding carboxylic acids is 1. The highest BCUT2D eigenvalue weighted by Crippen LogP contribution is 2.27. The van der Waals surface area contributed by atoms with Gasteiger partial charge in [0.2, 0.25) is 0 Å². The second-order valence-corrected chi connectivity index (χ2v) is 8.27. The van der Waals surface area contributed by atoms with Gasteiger partial charge in [0.05, 0.1) is 5.69 Å². The van der Waals surface area contributed by atoms with Crippen molar-refractivity contribution in [3.8, 4) is 5.75 Å². The number of benzene rings is 3. The van der Waals surface area contributed by atoms with E-state index in [2.05, 4.69) is 27.2 Å². The Bertz CT molecular complexity index is 1340. The van der Waals surface area contributed by atoms with Gasteiger partial charge in [0.15, 0.2) is 6.61 Å². The molecule has 0 aliphatic carbocycles. The Morgan fingerprint density at radius 2 is 1.66 bits per heavy atom. The lowest BCUT2D eigenvalue weighted by molar-refractivity contribution is -0.118. The van der Waals surface area contributed by atoms with Gasteiger partial charge in [0.25, 0.3) is 5.91 Å². The SMILES string of the molecule is O=C(COc1cccc2ccc(N3CCN(c4ccccc4)CC3)nc12)Nc1ccc(F)cc1F. The first-order valence-electron chi connectivity index (χ1n) is 11.4. The van der Waals surface area contributed by atoms with E-state index < -0.39 is 17.5 Å². The van der Waals surface area contributed by atoms with Crippen LogP contribution in [0, 0.1) is 11.6 Å². The van der Waals surface area contributed by atoms with Crippen molar-refractivity contribution in [1.82, 2.24) is 4.98 Å². The molecule has 1 N–H and O–H groups in total. The average molecular weight is 475 g/mol. The number of para-hydroxylation sites is 2. The molecule has 4 aromatic rings. The summed E-state index contributed by atoms with van der Waals surface area (Å²) in [5.74, 6) is -0.806. The molecule has 1 saturated heterocycles. The lowest BCUT2D eigenvalue weighted by Crippen LogP contribution is -2.46. The number of piperazine rings is 1. The maximum atomic E-state index is 13.8. The zero-order valence-electron chi connectivity index (χ0n) is 19.0. The maximum Gasteiger partial charge on any atom is 0.262 e. The number of carbonyl (C=O) groups is 1. The summed E-state index contributed by atoms with van der Waals surface area (Å²) < 4.78 is 32.6. The highest BCUT2D eigenvalue weighted by molar-refractivity contribution is 5.92. The third-order valence-electron chi connectivity index (χ3n) is 5.96.